The van der Waals surface area contributed by atoms with Crippen LogP contribution in [0.4, 0.5) is 0 Å². The van der Waals surface area contributed by atoms with E-state index in [1.807, 2.05) is 30.5 Å². The number of thiophene rings is 1. The second kappa shape index (κ2) is 9.91. The van der Waals surface area contributed by atoms with Crippen molar-refractivity contribution in [3.63, 3.8) is 0 Å². The van der Waals surface area contributed by atoms with Gasteiger partial charge < -0.3 is 9.47 Å². The SMILES string of the molecule is O=C(C1CCN(Cc2ccsc2)CC1)N1CCC(n2c(-c3ccccn3)nc3ccccc32)CC1. The van der Waals surface area contributed by atoms with Gasteiger partial charge in [-0.05, 0) is 85.4 Å². The third kappa shape index (κ3) is 4.62. The summed E-state index contributed by atoms with van der Waals surface area (Å²) in [6, 6.07) is 16.8. The number of rotatable bonds is 5. The van der Waals surface area contributed by atoms with Gasteiger partial charge >= 0.3 is 0 Å². The Hall–Kier alpha value is -3.03. The Kier molecular flexibility index (Phi) is 6.35. The van der Waals surface area contributed by atoms with Crippen molar-refractivity contribution in [2.75, 3.05) is 26.2 Å². The van der Waals surface area contributed by atoms with Gasteiger partial charge in [0.05, 0.1) is 11.0 Å². The number of aromatic nitrogens is 3. The zero-order valence-corrected chi connectivity index (χ0v) is 20.7. The van der Waals surface area contributed by atoms with Gasteiger partial charge in [-0.15, -0.1) is 0 Å². The molecular weight excluding hydrogens is 454 g/mol. The smallest absolute Gasteiger partial charge is 0.225 e. The zero-order chi connectivity index (χ0) is 23.6. The fourth-order valence-electron chi connectivity index (χ4n) is 5.67. The lowest BCUT2D eigenvalue weighted by molar-refractivity contribution is -0.138. The highest BCUT2D eigenvalue weighted by Gasteiger charge is 2.32. The van der Waals surface area contributed by atoms with Crippen molar-refractivity contribution >= 4 is 28.3 Å². The fraction of sp³-hybridized carbons (Fsp3) is 0.393. The van der Waals surface area contributed by atoms with Crippen molar-refractivity contribution in [2.24, 2.45) is 5.92 Å². The van der Waals surface area contributed by atoms with Crippen molar-refractivity contribution in [3.8, 4) is 11.5 Å². The minimum absolute atomic E-state index is 0.170. The molecule has 4 aromatic rings. The van der Waals surface area contributed by atoms with E-state index >= 15 is 0 Å². The normalized spacial score (nSPS) is 18.3. The highest BCUT2D eigenvalue weighted by Crippen LogP contribution is 2.33. The van der Waals surface area contributed by atoms with Crippen LogP contribution in [0.5, 0.6) is 0 Å². The molecule has 180 valence electrons. The first-order valence-corrected chi connectivity index (χ1v) is 13.6. The van der Waals surface area contributed by atoms with Gasteiger partial charge in [0.15, 0.2) is 5.82 Å². The molecule has 0 radical (unpaired) electrons. The molecule has 0 bridgehead atoms. The van der Waals surface area contributed by atoms with Gasteiger partial charge in [0.2, 0.25) is 5.91 Å². The highest BCUT2D eigenvalue weighted by atomic mass is 32.1. The number of pyridine rings is 1. The summed E-state index contributed by atoms with van der Waals surface area (Å²) >= 11 is 1.75. The van der Waals surface area contributed by atoms with Gasteiger partial charge in [0.1, 0.15) is 5.69 Å². The summed E-state index contributed by atoms with van der Waals surface area (Å²) in [7, 11) is 0. The van der Waals surface area contributed by atoms with Gasteiger partial charge in [-0.1, -0.05) is 18.2 Å². The predicted molar refractivity (Wildman–Crippen MR) is 140 cm³/mol. The number of fused-ring (bicyclic) bond motifs is 1. The summed E-state index contributed by atoms with van der Waals surface area (Å²) in [4.78, 5) is 27.5. The quantitative estimate of drug-likeness (QED) is 0.388. The molecule has 0 spiro atoms. The van der Waals surface area contributed by atoms with E-state index in [2.05, 4.69) is 54.4 Å². The lowest BCUT2D eigenvalue weighted by Gasteiger charge is -2.38. The monoisotopic (exact) mass is 485 g/mol. The molecule has 5 heterocycles. The number of amides is 1. The molecule has 7 heteroatoms. The lowest BCUT2D eigenvalue weighted by atomic mass is 9.93. The van der Waals surface area contributed by atoms with E-state index in [4.69, 9.17) is 4.98 Å². The molecule has 6 rings (SSSR count). The number of nitrogens with zero attached hydrogens (tertiary/aromatic N) is 5. The number of carbonyl (C=O) groups excluding carboxylic acids is 1. The first kappa shape index (κ1) is 22.4. The average molecular weight is 486 g/mol. The first-order valence-electron chi connectivity index (χ1n) is 12.7. The van der Waals surface area contributed by atoms with E-state index < -0.39 is 0 Å². The molecule has 0 atom stereocenters. The molecule has 0 aliphatic carbocycles. The van der Waals surface area contributed by atoms with Crippen molar-refractivity contribution < 1.29 is 4.79 Å². The van der Waals surface area contributed by atoms with Gasteiger partial charge in [0, 0.05) is 37.8 Å². The molecule has 0 N–H and O–H groups in total. The fourth-order valence-corrected chi connectivity index (χ4v) is 6.33. The van der Waals surface area contributed by atoms with E-state index in [-0.39, 0.29) is 5.92 Å². The second-order valence-electron chi connectivity index (χ2n) is 9.75. The molecule has 1 aromatic carbocycles. The molecule has 35 heavy (non-hydrogen) atoms. The van der Waals surface area contributed by atoms with E-state index in [9.17, 15) is 4.79 Å². The van der Waals surface area contributed by atoms with E-state index in [1.54, 1.807) is 11.3 Å². The van der Waals surface area contributed by atoms with Gasteiger partial charge in [-0.25, -0.2) is 4.98 Å². The number of piperidine rings is 2. The topological polar surface area (TPSA) is 54.3 Å². The Labute approximate surface area is 210 Å². The molecule has 3 aromatic heterocycles. The first-order chi connectivity index (χ1) is 17.3. The van der Waals surface area contributed by atoms with E-state index in [1.165, 1.54) is 5.56 Å². The Morgan fingerprint density at radius 2 is 1.74 bits per heavy atom. The number of carbonyl (C=O) groups is 1. The van der Waals surface area contributed by atoms with Crippen LogP contribution in [-0.4, -0.2) is 56.4 Å². The largest absolute Gasteiger partial charge is 0.342 e. The average Bonchev–Trinajstić information content (AvgIpc) is 3.57. The van der Waals surface area contributed by atoms with Crippen molar-refractivity contribution in [1.82, 2.24) is 24.3 Å². The number of benzene rings is 1. The number of imidazole rings is 1. The van der Waals surface area contributed by atoms with Crippen LogP contribution in [0.1, 0.15) is 37.3 Å². The van der Waals surface area contributed by atoms with Crippen LogP contribution in [0.3, 0.4) is 0 Å². The van der Waals surface area contributed by atoms with Crippen molar-refractivity contribution in [3.05, 3.63) is 71.1 Å². The Balaban J connectivity index is 1.12. The second-order valence-corrected chi connectivity index (χ2v) is 10.5. The molecule has 2 fully saturated rings. The van der Waals surface area contributed by atoms with Crippen molar-refractivity contribution in [1.29, 1.82) is 0 Å². The number of hydrogen-bond donors (Lipinski definition) is 0. The summed E-state index contributed by atoms with van der Waals surface area (Å²) in [5.41, 5.74) is 4.44. The number of hydrogen-bond acceptors (Lipinski definition) is 5. The summed E-state index contributed by atoms with van der Waals surface area (Å²) in [5, 5.41) is 4.37. The predicted octanol–water partition coefficient (Wildman–Crippen LogP) is 5.24. The molecule has 2 aliphatic rings. The van der Waals surface area contributed by atoms with Crippen LogP contribution in [0.25, 0.3) is 22.6 Å². The van der Waals surface area contributed by atoms with Crippen LogP contribution >= 0.6 is 11.3 Å². The third-order valence-corrected chi connectivity index (χ3v) is 8.29. The Bertz CT molecular complexity index is 1270. The zero-order valence-electron chi connectivity index (χ0n) is 19.9. The van der Waals surface area contributed by atoms with E-state index in [0.29, 0.717) is 11.9 Å². The van der Waals surface area contributed by atoms with Crippen molar-refractivity contribution in [2.45, 2.75) is 38.3 Å². The standard InChI is InChI=1S/C28H31N5OS/c34-28(22-8-14-31(15-9-22)19-21-12-18-35-20-21)32-16-10-23(11-17-32)33-26-7-2-1-5-24(26)30-27(33)25-6-3-4-13-29-25/h1-7,12-13,18,20,22-23H,8-11,14-17,19H2. The van der Waals surface area contributed by atoms with E-state index in [0.717, 1.165) is 81.0 Å². The minimum Gasteiger partial charge on any atom is -0.342 e. The lowest BCUT2D eigenvalue weighted by Crippen LogP contribution is -2.45. The van der Waals surface area contributed by atoms with Gasteiger partial charge in [-0.2, -0.15) is 11.3 Å². The summed E-state index contributed by atoms with van der Waals surface area (Å²) in [6.07, 6.45) is 5.66. The van der Waals surface area contributed by atoms with Gasteiger partial charge in [0.25, 0.3) is 0 Å². The highest BCUT2D eigenvalue weighted by molar-refractivity contribution is 7.07. The summed E-state index contributed by atoms with van der Waals surface area (Å²) in [6.45, 7) is 4.65. The van der Waals surface area contributed by atoms with Crippen LogP contribution in [-0.2, 0) is 11.3 Å². The Morgan fingerprint density at radius 1 is 0.943 bits per heavy atom. The summed E-state index contributed by atoms with van der Waals surface area (Å²) in [5.74, 6) is 1.46. The Morgan fingerprint density at radius 3 is 2.49 bits per heavy atom. The number of likely N-dealkylation sites (tertiary alicyclic amines) is 2. The maximum Gasteiger partial charge on any atom is 0.225 e. The molecule has 6 nitrogen and oxygen atoms in total. The maximum absolute atomic E-state index is 13.4. The molecule has 0 unspecified atom stereocenters. The minimum atomic E-state index is 0.170. The molecule has 2 aliphatic heterocycles. The van der Waals surface area contributed by atoms with Crippen LogP contribution in [0.2, 0.25) is 0 Å². The molecule has 0 saturated carbocycles. The van der Waals surface area contributed by atoms with Gasteiger partial charge in [-0.3, -0.25) is 14.7 Å². The maximum atomic E-state index is 13.4. The molecule has 1 amide bonds. The molecule has 2 saturated heterocycles. The van der Waals surface area contributed by atoms with Crippen LogP contribution in [0.15, 0.2) is 65.5 Å². The summed E-state index contributed by atoms with van der Waals surface area (Å²) < 4.78 is 2.36. The number of para-hydroxylation sites is 2. The van der Waals surface area contributed by atoms with Crippen LogP contribution < -0.4 is 0 Å². The molecular formula is C28H31N5OS. The third-order valence-electron chi connectivity index (χ3n) is 7.55. The van der Waals surface area contributed by atoms with Crippen LogP contribution in [0, 0.1) is 5.92 Å².